The van der Waals surface area contributed by atoms with Crippen molar-refractivity contribution in [3.05, 3.63) is 58.3 Å². The third-order valence-electron chi connectivity index (χ3n) is 2.85. The molecule has 3 heteroatoms. The number of hydrogen-bond donors (Lipinski definition) is 1. The average Bonchev–Trinajstić information content (AvgIpc) is 2.69. The van der Waals surface area contributed by atoms with Gasteiger partial charge in [0.2, 0.25) is 0 Å². The van der Waals surface area contributed by atoms with Crippen molar-refractivity contribution in [1.29, 1.82) is 0 Å². The van der Waals surface area contributed by atoms with Crippen LogP contribution in [0.4, 0.5) is 0 Å². The van der Waals surface area contributed by atoms with Crippen molar-refractivity contribution in [3.8, 4) is 0 Å². The van der Waals surface area contributed by atoms with E-state index in [2.05, 4.69) is 70.1 Å². The summed E-state index contributed by atoms with van der Waals surface area (Å²) < 4.78 is 3.22. The van der Waals surface area contributed by atoms with Crippen LogP contribution in [0.2, 0.25) is 0 Å². The molecule has 2 aromatic rings. The Morgan fingerprint density at radius 3 is 2.44 bits per heavy atom. The van der Waals surface area contributed by atoms with Crippen molar-refractivity contribution < 1.29 is 0 Å². The van der Waals surface area contributed by atoms with E-state index < -0.39 is 0 Å². The lowest BCUT2D eigenvalue weighted by atomic mass is 9.96. The van der Waals surface area contributed by atoms with Gasteiger partial charge in [-0.3, -0.25) is 0 Å². The summed E-state index contributed by atoms with van der Waals surface area (Å²) in [6.07, 6.45) is 2.05. The van der Waals surface area contributed by atoms with Gasteiger partial charge in [-0.1, -0.05) is 28.1 Å². The third-order valence-corrected chi connectivity index (χ3v) is 3.38. The third kappa shape index (κ3) is 2.20. The molecule has 0 bridgehead atoms. The molecule has 0 aliphatic heterocycles. The SMILES string of the molecule is Cn1cccc1C(CN)c1ccc(Br)cc1. The van der Waals surface area contributed by atoms with E-state index in [1.807, 2.05) is 0 Å². The highest BCUT2D eigenvalue weighted by atomic mass is 79.9. The Balaban J connectivity index is 2.37. The molecule has 1 unspecified atom stereocenters. The molecule has 16 heavy (non-hydrogen) atoms. The zero-order valence-corrected chi connectivity index (χ0v) is 10.8. The zero-order valence-electron chi connectivity index (χ0n) is 9.23. The summed E-state index contributed by atoms with van der Waals surface area (Å²) in [4.78, 5) is 0. The molecule has 0 aliphatic carbocycles. The molecular formula is C13H15BrN2. The van der Waals surface area contributed by atoms with E-state index in [0.717, 1.165) is 4.47 Å². The van der Waals surface area contributed by atoms with Crippen LogP contribution in [0.1, 0.15) is 17.2 Å². The van der Waals surface area contributed by atoms with Gasteiger partial charge in [-0.15, -0.1) is 0 Å². The summed E-state index contributed by atoms with van der Waals surface area (Å²) in [6.45, 7) is 0.624. The molecule has 84 valence electrons. The lowest BCUT2D eigenvalue weighted by Crippen LogP contribution is -2.16. The van der Waals surface area contributed by atoms with Gasteiger partial charge in [-0.05, 0) is 29.8 Å². The first-order valence-electron chi connectivity index (χ1n) is 5.29. The molecule has 1 heterocycles. The molecule has 0 aliphatic rings. The van der Waals surface area contributed by atoms with Gasteiger partial charge in [0.25, 0.3) is 0 Å². The molecule has 0 radical (unpaired) electrons. The first kappa shape index (κ1) is 11.4. The van der Waals surface area contributed by atoms with Crippen LogP contribution in [-0.4, -0.2) is 11.1 Å². The van der Waals surface area contributed by atoms with Gasteiger partial charge >= 0.3 is 0 Å². The highest BCUT2D eigenvalue weighted by Crippen LogP contribution is 2.24. The van der Waals surface area contributed by atoms with Crippen LogP contribution in [0, 0.1) is 0 Å². The maximum atomic E-state index is 5.88. The standard InChI is InChI=1S/C13H15BrN2/c1-16-8-2-3-13(16)12(9-15)10-4-6-11(14)7-5-10/h2-8,12H,9,15H2,1H3. The van der Waals surface area contributed by atoms with E-state index in [1.54, 1.807) is 0 Å². The second-order valence-electron chi connectivity index (χ2n) is 3.88. The van der Waals surface area contributed by atoms with E-state index in [4.69, 9.17) is 5.73 Å². The molecule has 1 aromatic heterocycles. The summed E-state index contributed by atoms with van der Waals surface area (Å²) in [7, 11) is 2.05. The summed E-state index contributed by atoms with van der Waals surface area (Å²) in [5.74, 6) is 0.271. The molecule has 2 rings (SSSR count). The lowest BCUT2D eigenvalue weighted by molar-refractivity contribution is 0.725. The minimum Gasteiger partial charge on any atom is -0.354 e. The van der Waals surface area contributed by atoms with E-state index in [0.29, 0.717) is 6.54 Å². The van der Waals surface area contributed by atoms with Gasteiger partial charge in [-0.2, -0.15) is 0 Å². The molecule has 0 spiro atoms. The van der Waals surface area contributed by atoms with Gasteiger partial charge in [0.15, 0.2) is 0 Å². The van der Waals surface area contributed by atoms with Crippen molar-refractivity contribution >= 4 is 15.9 Å². The minimum absolute atomic E-state index is 0.271. The first-order valence-corrected chi connectivity index (χ1v) is 6.08. The molecule has 0 amide bonds. The maximum Gasteiger partial charge on any atom is 0.0365 e. The second kappa shape index (κ2) is 4.85. The minimum atomic E-state index is 0.271. The number of nitrogens with zero attached hydrogens (tertiary/aromatic N) is 1. The van der Waals surface area contributed by atoms with Gasteiger partial charge in [0, 0.05) is 35.9 Å². The smallest absolute Gasteiger partial charge is 0.0365 e. The Morgan fingerprint density at radius 2 is 1.94 bits per heavy atom. The largest absolute Gasteiger partial charge is 0.354 e. The van der Waals surface area contributed by atoms with Crippen LogP contribution in [0.3, 0.4) is 0 Å². The maximum absolute atomic E-state index is 5.88. The topological polar surface area (TPSA) is 30.9 Å². The zero-order chi connectivity index (χ0) is 11.5. The summed E-state index contributed by atoms with van der Waals surface area (Å²) in [5, 5.41) is 0. The number of nitrogens with two attached hydrogens (primary N) is 1. The van der Waals surface area contributed by atoms with Crippen molar-refractivity contribution in [2.75, 3.05) is 6.54 Å². The Morgan fingerprint density at radius 1 is 1.25 bits per heavy atom. The molecule has 1 aromatic carbocycles. The molecular weight excluding hydrogens is 264 g/mol. The molecule has 0 fully saturated rings. The number of hydrogen-bond acceptors (Lipinski definition) is 1. The van der Waals surface area contributed by atoms with E-state index in [9.17, 15) is 0 Å². The molecule has 2 N–H and O–H groups in total. The molecule has 2 nitrogen and oxygen atoms in total. The summed E-state index contributed by atoms with van der Waals surface area (Å²) in [6, 6.07) is 12.5. The Hall–Kier alpha value is -1.06. The monoisotopic (exact) mass is 278 g/mol. The molecule has 0 saturated heterocycles. The lowest BCUT2D eigenvalue weighted by Gasteiger charge is -2.16. The van der Waals surface area contributed by atoms with Crippen molar-refractivity contribution in [2.24, 2.45) is 12.8 Å². The average molecular weight is 279 g/mol. The fourth-order valence-electron chi connectivity index (χ4n) is 1.96. The van der Waals surface area contributed by atoms with Crippen molar-refractivity contribution in [2.45, 2.75) is 5.92 Å². The van der Waals surface area contributed by atoms with Crippen molar-refractivity contribution in [1.82, 2.24) is 4.57 Å². The van der Waals surface area contributed by atoms with Crippen LogP contribution < -0.4 is 5.73 Å². The Kier molecular flexibility index (Phi) is 3.46. The number of rotatable bonds is 3. The predicted molar refractivity (Wildman–Crippen MR) is 70.5 cm³/mol. The van der Waals surface area contributed by atoms with Gasteiger partial charge in [0.1, 0.15) is 0 Å². The van der Waals surface area contributed by atoms with Gasteiger partial charge in [0.05, 0.1) is 0 Å². The van der Waals surface area contributed by atoms with Crippen LogP contribution in [0.5, 0.6) is 0 Å². The van der Waals surface area contributed by atoms with E-state index in [1.165, 1.54) is 11.3 Å². The Labute approximate surface area is 104 Å². The number of halogens is 1. The number of aromatic nitrogens is 1. The fourth-order valence-corrected chi connectivity index (χ4v) is 2.22. The van der Waals surface area contributed by atoms with Crippen LogP contribution in [0.25, 0.3) is 0 Å². The Bertz CT molecular complexity index is 459. The normalized spacial score (nSPS) is 12.7. The summed E-state index contributed by atoms with van der Waals surface area (Å²) >= 11 is 3.44. The molecule has 0 saturated carbocycles. The van der Waals surface area contributed by atoms with Crippen LogP contribution in [-0.2, 0) is 7.05 Å². The molecule has 1 atom stereocenters. The fraction of sp³-hybridized carbons (Fsp3) is 0.231. The van der Waals surface area contributed by atoms with Crippen LogP contribution in [0.15, 0.2) is 47.1 Å². The summed E-state index contributed by atoms with van der Waals surface area (Å²) in [5.41, 5.74) is 8.39. The highest BCUT2D eigenvalue weighted by Gasteiger charge is 2.14. The van der Waals surface area contributed by atoms with Crippen LogP contribution >= 0.6 is 15.9 Å². The van der Waals surface area contributed by atoms with E-state index >= 15 is 0 Å². The highest BCUT2D eigenvalue weighted by molar-refractivity contribution is 9.10. The van der Waals surface area contributed by atoms with E-state index in [-0.39, 0.29) is 5.92 Å². The predicted octanol–water partition coefficient (Wildman–Crippen LogP) is 2.88. The van der Waals surface area contributed by atoms with Gasteiger partial charge in [-0.25, -0.2) is 0 Å². The van der Waals surface area contributed by atoms with Crippen molar-refractivity contribution in [3.63, 3.8) is 0 Å². The second-order valence-corrected chi connectivity index (χ2v) is 4.80. The number of benzene rings is 1. The quantitative estimate of drug-likeness (QED) is 0.920. The van der Waals surface area contributed by atoms with Gasteiger partial charge < -0.3 is 10.3 Å². The first-order chi connectivity index (χ1) is 7.72. The number of aryl methyl sites for hydroxylation is 1.